The van der Waals surface area contributed by atoms with Gasteiger partial charge in [-0.05, 0) is 30.7 Å². The lowest BCUT2D eigenvalue weighted by Crippen LogP contribution is -2.43. The number of nitrogens with zero attached hydrogens (tertiary/aromatic N) is 2. The SMILES string of the molecule is O=C(c1ccc(Br)cc1)N1CCCN(C(=O)C(F)(F)F)CC1. The maximum atomic E-state index is 12.4. The van der Waals surface area contributed by atoms with Gasteiger partial charge in [0, 0.05) is 36.2 Å². The zero-order chi connectivity index (χ0) is 16.3. The van der Waals surface area contributed by atoms with Crippen LogP contribution in [0.25, 0.3) is 0 Å². The van der Waals surface area contributed by atoms with E-state index in [0.717, 1.165) is 9.37 Å². The van der Waals surface area contributed by atoms with Gasteiger partial charge in [0.1, 0.15) is 0 Å². The minimum absolute atomic E-state index is 0.00244. The van der Waals surface area contributed by atoms with Crippen LogP contribution < -0.4 is 0 Å². The summed E-state index contributed by atoms with van der Waals surface area (Å²) in [6.45, 7) is 0.316. The van der Waals surface area contributed by atoms with Gasteiger partial charge in [-0.3, -0.25) is 9.59 Å². The van der Waals surface area contributed by atoms with Crippen molar-refractivity contribution in [2.45, 2.75) is 12.6 Å². The van der Waals surface area contributed by atoms with Crippen LogP contribution in [0.2, 0.25) is 0 Å². The predicted octanol–water partition coefficient (Wildman–Crippen LogP) is 2.69. The van der Waals surface area contributed by atoms with Gasteiger partial charge in [-0.1, -0.05) is 15.9 Å². The molecule has 1 aliphatic heterocycles. The Hall–Kier alpha value is -1.57. The standard InChI is InChI=1S/C14H14BrF3N2O2/c15-11-4-2-10(3-5-11)12(21)19-6-1-7-20(9-8-19)13(22)14(16,17)18/h2-5H,1,6-9H2. The fourth-order valence-electron chi connectivity index (χ4n) is 2.28. The highest BCUT2D eigenvalue weighted by molar-refractivity contribution is 9.10. The van der Waals surface area contributed by atoms with Crippen LogP contribution in [0, 0.1) is 0 Å². The molecule has 0 aromatic heterocycles. The van der Waals surface area contributed by atoms with Crippen LogP contribution in [0.3, 0.4) is 0 Å². The largest absolute Gasteiger partial charge is 0.471 e. The fraction of sp³-hybridized carbons (Fsp3) is 0.429. The molecule has 0 unspecified atom stereocenters. The molecule has 0 radical (unpaired) electrons. The summed E-state index contributed by atoms with van der Waals surface area (Å²) >= 11 is 3.27. The number of halogens is 4. The number of rotatable bonds is 1. The highest BCUT2D eigenvalue weighted by Gasteiger charge is 2.42. The number of carbonyl (C=O) groups excluding carboxylic acids is 2. The Balaban J connectivity index is 2.02. The molecule has 0 spiro atoms. The minimum Gasteiger partial charge on any atom is -0.337 e. The average Bonchev–Trinajstić information content (AvgIpc) is 2.71. The van der Waals surface area contributed by atoms with Gasteiger partial charge in [-0.15, -0.1) is 0 Å². The Kier molecular flexibility index (Phi) is 5.10. The third-order valence-corrected chi connectivity index (χ3v) is 3.93. The molecule has 0 bridgehead atoms. The Labute approximate surface area is 134 Å². The van der Waals surface area contributed by atoms with E-state index < -0.39 is 12.1 Å². The highest BCUT2D eigenvalue weighted by Crippen LogP contribution is 2.20. The molecule has 0 aliphatic carbocycles. The summed E-state index contributed by atoms with van der Waals surface area (Å²) in [5.41, 5.74) is 0.471. The number of hydrogen-bond acceptors (Lipinski definition) is 2. The van der Waals surface area contributed by atoms with Crippen molar-refractivity contribution in [3.8, 4) is 0 Å². The van der Waals surface area contributed by atoms with Crippen molar-refractivity contribution in [2.24, 2.45) is 0 Å². The van der Waals surface area contributed by atoms with E-state index in [1.165, 1.54) is 4.90 Å². The van der Waals surface area contributed by atoms with E-state index in [1.54, 1.807) is 24.3 Å². The van der Waals surface area contributed by atoms with Crippen LogP contribution in [-0.2, 0) is 4.79 Å². The zero-order valence-corrected chi connectivity index (χ0v) is 13.2. The third-order valence-electron chi connectivity index (χ3n) is 3.40. The maximum Gasteiger partial charge on any atom is 0.471 e. The predicted molar refractivity (Wildman–Crippen MR) is 77.3 cm³/mol. The molecule has 2 rings (SSSR count). The molecule has 120 valence electrons. The van der Waals surface area contributed by atoms with Crippen LogP contribution in [0.15, 0.2) is 28.7 Å². The number of alkyl halides is 3. The summed E-state index contributed by atoms with van der Waals surface area (Å²) in [7, 11) is 0. The molecule has 1 aromatic rings. The molecule has 1 fully saturated rings. The average molecular weight is 379 g/mol. The monoisotopic (exact) mass is 378 g/mol. The van der Waals surface area contributed by atoms with Crippen molar-refractivity contribution in [2.75, 3.05) is 26.2 Å². The smallest absolute Gasteiger partial charge is 0.337 e. The lowest BCUT2D eigenvalue weighted by Gasteiger charge is -2.23. The first-order valence-electron chi connectivity index (χ1n) is 6.70. The third kappa shape index (κ3) is 4.00. The van der Waals surface area contributed by atoms with Gasteiger partial charge in [0.2, 0.25) is 0 Å². The van der Waals surface area contributed by atoms with Crippen LogP contribution in [0.5, 0.6) is 0 Å². The molecule has 1 saturated heterocycles. The van der Waals surface area contributed by atoms with Crippen LogP contribution >= 0.6 is 15.9 Å². The molecular weight excluding hydrogens is 365 g/mol. The van der Waals surface area contributed by atoms with Gasteiger partial charge in [0.05, 0.1) is 0 Å². The number of hydrogen-bond donors (Lipinski definition) is 0. The van der Waals surface area contributed by atoms with Crippen molar-refractivity contribution in [1.82, 2.24) is 9.80 Å². The lowest BCUT2D eigenvalue weighted by atomic mass is 10.2. The summed E-state index contributed by atoms with van der Waals surface area (Å²) in [5.74, 6) is -2.08. The topological polar surface area (TPSA) is 40.6 Å². The number of benzene rings is 1. The summed E-state index contributed by atoms with van der Waals surface area (Å²) in [4.78, 5) is 25.8. The Morgan fingerprint density at radius 2 is 1.50 bits per heavy atom. The quantitative estimate of drug-likeness (QED) is 0.753. The van der Waals surface area contributed by atoms with Crippen molar-refractivity contribution < 1.29 is 22.8 Å². The lowest BCUT2D eigenvalue weighted by molar-refractivity contribution is -0.185. The van der Waals surface area contributed by atoms with E-state index in [9.17, 15) is 22.8 Å². The van der Waals surface area contributed by atoms with E-state index in [0.29, 0.717) is 18.5 Å². The van der Waals surface area contributed by atoms with Gasteiger partial charge >= 0.3 is 12.1 Å². The Morgan fingerprint density at radius 3 is 2.09 bits per heavy atom. The fourth-order valence-corrected chi connectivity index (χ4v) is 2.54. The van der Waals surface area contributed by atoms with Crippen molar-refractivity contribution >= 4 is 27.7 Å². The highest BCUT2D eigenvalue weighted by atomic mass is 79.9. The van der Waals surface area contributed by atoms with Crippen LogP contribution in [0.1, 0.15) is 16.8 Å². The van der Waals surface area contributed by atoms with Crippen molar-refractivity contribution in [3.05, 3.63) is 34.3 Å². The van der Waals surface area contributed by atoms with Gasteiger partial charge in [0.15, 0.2) is 0 Å². The second-order valence-electron chi connectivity index (χ2n) is 4.94. The van der Waals surface area contributed by atoms with Gasteiger partial charge in [0.25, 0.3) is 5.91 Å². The molecular formula is C14H14BrF3N2O2. The van der Waals surface area contributed by atoms with Gasteiger partial charge in [-0.2, -0.15) is 13.2 Å². The molecule has 22 heavy (non-hydrogen) atoms. The normalized spacial score (nSPS) is 16.4. The van der Waals surface area contributed by atoms with Crippen molar-refractivity contribution in [3.63, 3.8) is 0 Å². The summed E-state index contributed by atoms with van der Waals surface area (Å²) in [6, 6.07) is 6.75. The molecule has 0 atom stereocenters. The molecule has 1 heterocycles. The molecule has 8 heteroatoms. The molecule has 1 aliphatic rings. The Bertz CT molecular complexity index is 560. The minimum atomic E-state index is -4.87. The van der Waals surface area contributed by atoms with Crippen LogP contribution in [-0.4, -0.2) is 54.0 Å². The summed E-state index contributed by atoms with van der Waals surface area (Å²) in [5, 5.41) is 0. The second kappa shape index (κ2) is 6.68. The molecule has 1 aromatic carbocycles. The summed E-state index contributed by atoms with van der Waals surface area (Å²) in [6.07, 6.45) is -4.55. The van der Waals surface area contributed by atoms with Gasteiger partial charge in [-0.25, -0.2) is 0 Å². The molecule has 4 nitrogen and oxygen atoms in total. The maximum absolute atomic E-state index is 12.4. The molecule has 0 N–H and O–H groups in total. The number of carbonyl (C=O) groups is 2. The first-order valence-corrected chi connectivity index (χ1v) is 7.49. The van der Waals surface area contributed by atoms with Crippen molar-refractivity contribution in [1.29, 1.82) is 0 Å². The first-order chi connectivity index (χ1) is 10.3. The summed E-state index contributed by atoms with van der Waals surface area (Å²) < 4.78 is 38.2. The van der Waals surface area contributed by atoms with E-state index in [2.05, 4.69) is 15.9 Å². The van der Waals surface area contributed by atoms with E-state index in [1.807, 2.05) is 0 Å². The number of amides is 2. The van der Waals surface area contributed by atoms with E-state index >= 15 is 0 Å². The van der Waals surface area contributed by atoms with E-state index in [-0.39, 0.29) is 25.5 Å². The zero-order valence-electron chi connectivity index (χ0n) is 11.6. The van der Waals surface area contributed by atoms with E-state index in [4.69, 9.17) is 0 Å². The molecule has 0 saturated carbocycles. The second-order valence-corrected chi connectivity index (χ2v) is 5.86. The van der Waals surface area contributed by atoms with Crippen LogP contribution in [0.4, 0.5) is 13.2 Å². The first kappa shape index (κ1) is 16.8. The Morgan fingerprint density at radius 1 is 0.955 bits per heavy atom. The van der Waals surface area contributed by atoms with Gasteiger partial charge < -0.3 is 9.80 Å². The molecule has 2 amide bonds.